The molecule has 0 saturated heterocycles. The summed E-state index contributed by atoms with van der Waals surface area (Å²) in [5, 5.41) is 9.96. The molecule has 2 atom stereocenters. The van der Waals surface area contributed by atoms with E-state index in [2.05, 4.69) is 15.8 Å². The molecule has 2 aliphatic carbocycles. The Balaban J connectivity index is 0.00000225. The topological polar surface area (TPSA) is 67.2 Å². The standard InChI is InChI=1S/C20H23F2N3O2.ClH/c1-12-9-18(27-25-12)24-19(26)14-4-2-3-13(10-14)16-11-17(16)23-15-5-7-20(21,22)8-6-15;/h2-4,9-10,15-17,23H,5-8,11H2,1H3,(H,24,26);1H/t16-,17+;/m0./s1. The number of nitrogens with zero attached hydrogens (tertiary/aromatic N) is 1. The van der Waals surface area contributed by atoms with Crippen molar-refractivity contribution >= 4 is 24.2 Å². The van der Waals surface area contributed by atoms with Crippen molar-refractivity contribution < 1.29 is 18.1 Å². The second-order valence-corrected chi connectivity index (χ2v) is 7.66. The molecule has 1 amide bonds. The first-order chi connectivity index (χ1) is 12.9. The van der Waals surface area contributed by atoms with Crippen LogP contribution in [0.15, 0.2) is 34.9 Å². The molecule has 0 bridgehead atoms. The predicted octanol–water partition coefficient (Wildman–Crippen LogP) is 4.68. The number of aryl methyl sites for hydroxylation is 1. The molecule has 1 aromatic heterocycles. The van der Waals surface area contributed by atoms with Crippen LogP contribution in [0.3, 0.4) is 0 Å². The highest BCUT2D eigenvalue weighted by Gasteiger charge is 2.42. The van der Waals surface area contributed by atoms with Crippen molar-refractivity contribution in [3.8, 4) is 0 Å². The minimum absolute atomic E-state index is 0. The lowest BCUT2D eigenvalue weighted by Gasteiger charge is -2.29. The average Bonchev–Trinajstić information content (AvgIpc) is 3.29. The van der Waals surface area contributed by atoms with E-state index in [1.165, 1.54) is 0 Å². The highest BCUT2D eigenvalue weighted by Crippen LogP contribution is 2.43. The first kappa shape index (κ1) is 20.7. The highest BCUT2D eigenvalue weighted by molar-refractivity contribution is 6.03. The molecule has 2 aromatic rings. The van der Waals surface area contributed by atoms with E-state index >= 15 is 0 Å². The Morgan fingerprint density at radius 2 is 2.00 bits per heavy atom. The summed E-state index contributed by atoms with van der Waals surface area (Å²) in [4.78, 5) is 12.4. The van der Waals surface area contributed by atoms with Crippen LogP contribution >= 0.6 is 12.4 Å². The molecule has 152 valence electrons. The van der Waals surface area contributed by atoms with Gasteiger partial charge in [0.15, 0.2) is 0 Å². The van der Waals surface area contributed by atoms with Gasteiger partial charge in [-0.1, -0.05) is 17.3 Å². The third-order valence-corrected chi connectivity index (χ3v) is 5.40. The van der Waals surface area contributed by atoms with Gasteiger partial charge in [0.25, 0.3) is 5.91 Å². The average molecular weight is 412 g/mol. The number of hydrogen-bond acceptors (Lipinski definition) is 4. The molecule has 4 rings (SSSR count). The van der Waals surface area contributed by atoms with Crippen molar-refractivity contribution in [2.24, 2.45) is 0 Å². The number of benzene rings is 1. The predicted molar refractivity (Wildman–Crippen MR) is 104 cm³/mol. The molecule has 2 saturated carbocycles. The molecule has 5 nitrogen and oxygen atoms in total. The van der Waals surface area contributed by atoms with Gasteiger partial charge < -0.3 is 9.84 Å². The summed E-state index contributed by atoms with van der Waals surface area (Å²) in [7, 11) is 0. The largest absolute Gasteiger partial charge is 0.338 e. The van der Waals surface area contributed by atoms with Crippen LogP contribution in [0.25, 0.3) is 0 Å². The van der Waals surface area contributed by atoms with Crippen molar-refractivity contribution in [3.05, 3.63) is 47.2 Å². The minimum Gasteiger partial charge on any atom is -0.338 e. The summed E-state index contributed by atoms with van der Waals surface area (Å²) in [6.07, 6.45) is 1.96. The monoisotopic (exact) mass is 411 g/mol. The van der Waals surface area contributed by atoms with Crippen LogP contribution in [0.5, 0.6) is 0 Å². The van der Waals surface area contributed by atoms with E-state index in [4.69, 9.17) is 4.52 Å². The van der Waals surface area contributed by atoms with Crippen molar-refractivity contribution in [1.29, 1.82) is 0 Å². The molecule has 2 fully saturated rings. The number of anilines is 1. The third kappa shape index (κ3) is 4.89. The van der Waals surface area contributed by atoms with Crippen LogP contribution in [0.1, 0.15) is 59.6 Å². The Kier molecular flexibility index (Phi) is 6.05. The first-order valence-electron chi connectivity index (χ1n) is 9.38. The molecule has 1 aromatic carbocycles. The van der Waals surface area contributed by atoms with E-state index in [1.807, 2.05) is 18.2 Å². The SMILES string of the molecule is Cc1cc(NC(=O)c2cccc([C@@H]3C[C@H]3NC3CCC(F)(F)CC3)c2)on1.Cl. The Morgan fingerprint density at radius 1 is 1.25 bits per heavy atom. The van der Waals surface area contributed by atoms with Gasteiger partial charge in [0.05, 0.1) is 5.69 Å². The zero-order valence-electron chi connectivity index (χ0n) is 15.6. The molecule has 0 unspecified atom stereocenters. The van der Waals surface area contributed by atoms with Crippen LogP contribution in [-0.4, -0.2) is 29.1 Å². The second-order valence-electron chi connectivity index (χ2n) is 7.66. The van der Waals surface area contributed by atoms with Gasteiger partial charge in [-0.25, -0.2) is 8.78 Å². The lowest BCUT2D eigenvalue weighted by atomic mass is 9.92. The minimum atomic E-state index is -2.50. The zero-order valence-corrected chi connectivity index (χ0v) is 16.4. The fourth-order valence-corrected chi connectivity index (χ4v) is 3.77. The van der Waals surface area contributed by atoms with Gasteiger partial charge in [-0.2, -0.15) is 0 Å². The van der Waals surface area contributed by atoms with E-state index in [9.17, 15) is 13.6 Å². The van der Waals surface area contributed by atoms with E-state index in [0.29, 0.717) is 41.9 Å². The van der Waals surface area contributed by atoms with E-state index in [1.54, 1.807) is 19.1 Å². The summed E-state index contributed by atoms with van der Waals surface area (Å²) < 4.78 is 31.6. The number of carbonyl (C=O) groups excluding carboxylic acids is 1. The summed E-state index contributed by atoms with van der Waals surface area (Å²) >= 11 is 0. The number of amides is 1. The van der Waals surface area contributed by atoms with Crippen molar-refractivity contribution in [2.75, 3.05) is 5.32 Å². The molecule has 0 aliphatic heterocycles. The maximum Gasteiger partial charge on any atom is 0.258 e. The molecular formula is C20H24ClF2N3O2. The number of halogens is 3. The number of rotatable bonds is 5. The van der Waals surface area contributed by atoms with Crippen LogP contribution in [0, 0.1) is 6.92 Å². The Morgan fingerprint density at radius 3 is 2.68 bits per heavy atom. The molecule has 0 spiro atoms. The molecule has 28 heavy (non-hydrogen) atoms. The lowest BCUT2D eigenvalue weighted by molar-refractivity contribution is -0.0405. The molecule has 2 N–H and O–H groups in total. The molecule has 0 radical (unpaired) electrons. The Hall–Kier alpha value is -1.99. The fraction of sp³-hybridized carbons (Fsp3) is 0.500. The number of nitrogens with one attached hydrogen (secondary N) is 2. The third-order valence-electron chi connectivity index (χ3n) is 5.40. The number of aromatic nitrogens is 1. The van der Waals surface area contributed by atoms with Gasteiger partial charge in [0, 0.05) is 42.5 Å². The smallest absolute Gasteiger partial charge is 0.258 e. The summed E-state index contributed by atoms with van der Waals surface area (Å²) in [6.45, 7) is 1.79. The van der Waals surface area contributed by atoms with Gasteiger partial charge in [0.2, 0.25) is 11.8 Å². The van der Waals surface area contributed by atoms with Crippen LogP contribution in [0.4, 0.5) is 14.7 Å². The maximum absolute atomic E-state index is 13.3. The van der Waals surface area contributed by atoms with Gasteiger partial charge in [-0.15, -0.1) is 12.4 Å². The fourth-order valence-electron chi connectivity index (χ4n) is 3.77. The first-order valence-corrected chi connectivity index (χ1v) is 9.38. The molecule has 8 heteroatoms. The molecule has 1 heterocycles. The van der Waals surface area contributed by atoms with Gasteiger partial charge in [0.1, 0.15) is 0 Å². The van der Waals surface area contributed by atoms with Gasteiger partial charge >= 0.3 is 0 Å². The summed E-state index contributed by atoms with van der Waals surface area (Å²) in [6, 6.07) is 9.66. The number of hydrogen-bond donors (Lipinski definition) is 2. The van der Waals surface area contributed by atoms with E-state index in [-0.39, 0.29) is 37.2 Å². The van der Waals surface area contributed by atoms with Crippen molar-refractivity contribution in [3.63, 3.8) is 0 Å². The van der Waals surface area contributed by atoms with Crippen molar-refractivity contribution in [2.45, 2.75) is 63.0 Å². The molecule has 2 aliphatic rings. The normalized spacial score (nSPS) is 23.7. The van der Waals surface area contributed by atoms with E-state index in [0.717, 1.165) is 12.0 Å². The van der Waals surface area contributed by atoms with Crippen LogP contribution in [0.2, 0.25) is 0 Å². The molecular weight excluding hydrogens is 388 g/mol. The summed E-state index contributed by atoms with van der Waals surface area (Å²) in [5.41, 5.74) is 2.35. The Bertz CT molecular complexity index is 832. The lowest BCUT2D eigenvalue weighted by Crippen LogP contribution is -2.38. The number of carbonyl (C=O) groups is 1. The maximum atomic E-state index is 13.3. The second kappa shape index (κ2) is 8.17. The van der Waals surface area contributed by atoms with Gasteiger partial charge in [-0.3, -0.25) is 10.1 Å². The van der Waals surface area contributed by atoms with Gasteiger partial charge in [-0.05, 0) is 43.9 Å². The quantitative estimate of drug-likeness (QED) is 0.749. The van der Waals surface area contributed by atoms with Crippen molar-refractivity contribution in [1.82, 2.24) is 10.5 Å². The van der Waals surface area contributed by atoms with Crippen LogP contribution < -0.4 is 10.6 Å². The Labute approximate surface area is 168 Å². The zero-order chi connectivity index (χ0) is 19.0. The van der Waals surface area contributed by atoms with E-state index < -0.39 is 5.92 Å². The van der Waals surface area contributed by atoms with Crippen LogP contribution in [-0.2, 0) is 0 Å². The number of alkyl halides is 2. The summed E-state index contributed by atoms with van der Waals surface area (Å²) in [5.74, 6) is -2.09. The highest BCUT2D eigenvalue weighted by atomic mass is 35.5.